The van der Waals surface area contributed by atoms with E-state index in [2.05, 4.69) is 0 Å². The van der Waals surface area contributed by atoms with E-state index in [1.807, 2.05) is 61.5 Å². The molecule has 2 aromatic carbocycles. The zero-order valence-electron chi connectivity index (χ0n) is 12.2. The Hall–Kier alpha value is -2.55. The SMILES string of the molecule is CCOc1ccccc1C=C1C(=O)N(C)c2ccccc21. The van der Waals surface area contributed by atoms with Crippen molar-refractivity contribution in [3.8, 4) is 5.75 Å². The second-order valence-electron chi connectivity index (χ2n) is 4.91. The van der Waals surface area contributed by atoms with Crippen LogP contribution in [0.15, 0.2) is 48.5 Å². The summed E-state index contributed by atoms with van der Waals surface area (Å²) in [6.45, 7) is 2.55. The van der Waals surface area contributed by atoms with E-state index in [1.54, 1.807) is 11.9 Å². The third-order valence-corrected chi connectivity index (χ3v) is 3.61. The van der Waals surface area contributed by atoms with Gasteiger partial charge in [0, 0.05) is 23.7 Å². The minimum atomic E-state index is 0.0162. The first-order valence-corrected chi connectivity index (χ1v) is 7.03. The summed E-state index contributed by atoms with van der Waals surface area (Å²) in [5, 5.41) is 0. The molecule has 0 bridgehead atoms. The van der Waals surface area contributed by atoms with Gasteiger partial charge in [-0.05, 0) is 25.1 Å². The molecule has 0 saturated heterocycles. The first-order valence-electron chi connectivity index (χ1n) is 7.03. The van der Waals surface area contributed by atoms with Crippen LogP contribution in [0.25, 0.3) is 11.6 Å². The molecule has 1 aliphatic heterocycles. The number of benzene rings is 2. The highest BCUT2D eigenvalue weighted by molar-refractivity contribution is 6.35. The Bertz CT molecular complexity index is 719. The van der Waals surface area contributed by atoms with Crippen molar-refractivity contribution in [1.82, 2.24) is 0 Å². The fourth-order valence-corrected chi connectivity index (χ4v) is 2.58. The van der Waals surface area contributed by atoms with Crippen LogP contribution in [0, 0.1) is 0 Å². The maximum absolute atomic E-state index is 12.5. The third-order valence-electron chi connectivity index (χ3n) is 3.61. The van der Waals surface area contributed by atoms with Crippen LogP contribution in [0.2, 0.25) is 0 Å². The molecule has 0 atom stereocenters. The van der Waals surface area contributed by atoms with Crippen molar-refractivity contribution in [2.45, 2.75) is 6.92 Å². The molecule has 0 fully saturated rings. The lowest BCUT2D eigenvalue weighted by atomic mass is 10.0. The number of nitrogens with zero attached hydrogens (tertiary/aromatic N) is 1. The van der Waals surface area contributed by atoms with Gasteiger partial charge in [0.05, 0.1) is 12.3 Å². The number of ether oxygens (including phenoxy) is 1. The van der Waals surface area contributed by atoms with Gasteiger partial charge in [-0.15, -0.1) is 0 Å². The van der Waals surface area contributed by atoms with Crippen LogP contribution < -0.4 is 9.64 Å². The molecule has 106 valence electrons. The molecule has 0 N–H and O–H groups in total. The molecule has 3 rings (SSSR count). The van der Waals surface area contributed by atoms with Crippen LogP contribution >= 0.6 is 0 Å². The van der Waals surface area contributed by atoms with Gasteiger partial charge in [0.2, 0.25) is 0 Å². The van der Waals surface area contributed by atoms with E-state index in [-0.39, 0.29) is 5.91 Å². The quantitative estimate of drug-likeness (QED) is 0.803. The van der Waals surface area contributed by atoms with E-state index >= 15 is 0 Å². The number of para-hydroxylation sites is 2. The summed E-state index contributed by atoms with van der Waals surface area (Å²) >= 11 is 0. The summed E-state index contributed by atoms with van der Waals surface area (Å²) in [6.07, 6.45) is 1.91. The predicted octanol–water partition coefficient (Wildman–Crippen LogP) is 3.60. The van der Waals surface area contributed by atoms with Gasteiger partial charge < -0.3 is 9.64 Å². The van der Waals surface area contributed by atoms with Gasteiger partial charge in [-0.25, -0.2) is 0 Å². The third kappa shape index (κ3) is 2.31. The molecule has 3 nitrogen and oxygen atoms in total. The highest BCUT2D eigenvalue weighted by Gasteiger charge is 2.29. The van der Waals surface area contributed by atoms with E-state index in [0.29, 0.717) is 12.2 Å². The molecule has 0 saturated carbocycles. The summed E-state index contributed by atoms with van der Waals surface area (Å²) in [6, 6.07) is 15.6. The number of carbonyl (C=O) groups excluding carboxylic acids is 1. The molecule has 0 aliphatic carbocycles. The smallest absolute Gasteiger partial charge is 0.258 e. The molecule has 21 heavy (non-hydrogen) atoms. The van der Waals surface area contributed by atoms with Crippen LogP contribution in [0.4, 0.5) is 5.69 Å². The Labute approximate surface area is 124 Å². The van der Waals surface area contributed by atoms with Crippen molar-refractivity contribution >= 4 is 23.2 Å². The van der Waals surface area contributed by atoms with Crippen molar-refractivity contribution in [3.63, 3.8) is 0 Å². The molecule has 1 heterocycles. The molecule has 0 aromatic heterocycles. The predicted molar refractivity (Wildman–Crippen MR) is 85.3 cm³/mol. The van der Waals surface area contributed by atoms with E-state index in [0.717, 1.165) is 22.6 Å². The van der Waals surface area contributed by atoms with Crippen LogP contribution in [-0.2, 0) is 4.79 Å². The van der Waals surface area contributed by atoms with Gasteiger partial charge in [0.15, 0.2) is 0 Å². The largest absolute Gasteiger partial charge is 0.493 e. The normalized spacial score (nSPS) is 15.4. The van der Waals surface area contributed by atoms with Gasteiger partial charge >= 0.3 is 0 Å². The summed E-state index contributed by atoms with van der Waals surface area (Å²) in [4.78, 5) is 14.1. The van der Waals surface area contributed by atoms with Gasteiger partial charge in [-0.2, -0.15) is 0 Å². The number of rotatable bonds is 3. The fourth-order valence-electron chi connectivity index (χ4n) is 2.58. The number of carbonyl (C=O) groups is 1. The van der Waals surface area contributed by atoms with Gasteiger partial charge in [-0.3, -0.25) is 4.79 Å². The lowest BCUT2D eigenvalue weighted by molar-refractivity contribution is -0.112. The van der Waals surface area contributed by atoms with Crippen molar-refractivity contribution in [3.05, 3.63) is 59.7 Å². The van der Waals surface area contributed by atoms with E-state index < -0.39 is 0 Å². The number of anilines is 1. The van der Waals surface area contributed by atoms with Gasteiger partial charge in [0.1, 0.15) is 5.75 Å². The number of likely N-dealkylation sites (N-methyl/N-ethyl adjacent to an activating group) is 1. The van der Waals surface area contributed by atoms with Crippen LogP contribution in [0.5, 0.6) is 5.75 Å². The maximum Gasteiger partial charge on any atom is 0.258 e. The summed E-state index contributed by atoms with van der Waals surface area (Å²) < 4.78 is 5.63. The minimum absolute atomic E-state index is 0.0162. The maximum atomic E-state index is 12.5. The van der Waals surface area contributed by atoms with Crippen LogP contribution in [0.1, 0.15) is 18.1 Å². The Morgan fingerprint density at radius 3 is 2.62 bits per heavy atom. The monoisotopic (exact) mass is 279 g/mol. The topological polar surface area (TPSA) is 29.5 Å². The van der Waals surface area contributed by atoms with Crippen molar-refractivity contribution in [1.29, 1.82) is 0 Å². The second kappa shape index (κ2) is 5.44. The average molecular weight is 279 g/mol. The molecule has 0 spiro atoms. The van der Waals surface area contributed by atoms with E-state index in [1.165, 1.54) is 0 Å². The zero-order chi connectivity index (χ0) is 14.8. The second-order valence-corrected chi connectivity index (χ2v) is 4.91. The van der Waals surface area contributed by atoms with Crippen molar-refractivity contribution < 1.29 is 9.53 Å². The first-order chi connectivity index (χ1) is 10.2. The Morgan fingerprint density at radius 1 is 1.10 bits per heavy atom. The van der Waals surface area contributed by atoms with Crippen LogP contribution in [-0.4, -0.2) is 19.6 Å². The van der Waals surface area contributed by atoms with Gasteiger partial charge in [-0.1, -0.05) is 36.4 Å². The molecule has 3 heteroatoms. The van der Waals surface area contributed by atoms with Gasteiger partial charge in [0.25, 0.3) is 5.91 Å². The molecular formula is C18H17NO2. The molecule has 2 aromatic rings. The van der Waals surface area contributed by atoms with Crippen molar-refractivity contribution in [2.24, 2.45) is 0 Å². The highest BCUT2D eigenvalue weighted by Crippen LogP contribution is 2.37. The molecule has 0 unspecified atom stereocenters. The highest BCUT2D eigenvalue weighted by atomic mass is 16.5. The standard InChI is InChI=1S/C18H17NO2/c1-3-21-17-11-7-4-8-13(17)12-15-14-9-5-6-10-16(14)19(2)18(15)20/h4-12H,3H2,1-2H3. The lowest BCUT2D eigenvalue weighted by Gasteiger charge is -2.08. The minimum Gasteiger partial charge on any atom is -0.493 e. The number of fused-ring (bicyclic) bond motifs is 1. The molecule has 1 amide bonds. The van der Waals surface area contributed by atoms with E-state index in [4.69, 9.17) is 4.74 Å². The fraction of sp³-hybridized carbons (Fsp3) is 0.167. The zero-order valence-corrected chi connectivity index (χ0v) is 12.2. The molecule has 1 aliphatic rings. The number of amides is 1. The molecular weight excluding hydrogens is 262 g/mol. The van der Waals surface area contributed by atoms with Crippen LogP contribution in [0.3, 0.4) is 0 Å². The summed E-state index contributed by atoms with van der Waals surface area (Å²) in [5.74, 6) is 0.815. The van der Waals surface area contributed by atoms with E-state index in [9.17, 15) is 4.79 Å². The Balaban J connectivity index is 2.10. The Morgan fingerprint density at radius 2 is 1.81 bits per heavy atom. The molecule has 0 radical (unpaired) electrons. The number of hydrogen-bond acceptors (Lipinski definition) is 2. The van der Waals surface area contributed by atoms with Crippen molar-refractivity contribution in [2.75, 3.05) is 18.6 Å². The summed E-state index contributed by atoms with van der Waals surface area (Å²) in [7, 11) is 1.80. The first kappa shape index (κ1) is 13.4. The summed E-state index contributed by atoms with van der Waals surface area (Å²) in [5.41, 5.74) is 3.55. The lowest BCUT2D eigenvalue weighted by Crippen LogP contribution is -2.20. The average Bonchev–Trinajstić information content (AvgIpc) is 2.75. The number of hydrogen-bond donors (Lipinski definition) is 0. The Kier molecular flexibility index (Phi) is 3.48.